The average molecular weight is 410 g/mol. The molecule has 0 saturated heterocycles. The second kappa shape index (κ2) is 11.8. The number of carbonyl (C=O) groups is 1. The maximum Gasteiger partial charge on any atom is 0.168 e. The van der Waals surface area contributed by atoms with Crippen LogP contribution >= 0.6 is 11.6 Å². The third-order valence-corrected chi connectivity index (χ3v) is 4.80. The van der Waals surface area contributed by atoms with E-state index >= 15 is 0 Å². The lowest BCUT2D eigenvalue weighted by molar-refractivity contribution is -0.116. The highest BCUT2D eigenvalue weighted by molar-refractivity contribution is 6.33. The van der Waals surface area contributed by atoms with Crippen molar-refractivity contribution < 1.29 is 24.1 Å². The Morgan fingerprint density at radius 1 is 1.25 bits per heavy atom. The number of benzene rings is 1. The summed E-state index contributed by atoms with van der Waals surface area (Å²) in [7, 11) is 1.61. The summed E-state index contributed by atoms with van der Waals surface area (Å²) < 4.78 is 15.9. The van der Waals surface area contributed by atoms with Crippen LogP contribution < -0.4 is 4.74 Å². The summed E-state index contributed by atoms with van der Waals surface area (Å²) in [6, 6.07) is 5.55. The quantitative estimate of drug-likeness (QED) is 0.439. The molecule has 0 radical (unpaired) electrons. The second-order valence-corrected chi connectivity index (χ2v) is 6.91. The Balaban J connectivity index is 2.01. The first kappa shape index (κ1) is 22.4. The van der Waals surface area contributed by atoms with Crippen molar-refractivity contribution in [2.45, 2.75) is 32.1 Å². The number of hydrogen-bond donors (Lipinski definition) is 1. The van der Waals surface area contributed by atoms with Crippen molar-refractivity contribution >= 4 is 23.6 Å². The highest BCUT2D eigenvalue weighted by Gasteiger charge is 2.29. The fourth-order valence-corrected chi connectivity index (χ4v) is 3.30. The summed E-state index contributed by atoms with van der Waals surface area (Å²) >= 11 is 6.48. The zero-order chi connectivity index (χ0) is 20.4. The standard InChI is InChI=1S/C21H28ClNO5/c1-3-8-28-20-6-4-5-16(21(20)22)15-12-18(24)17(19(25)13-15)14-23-7-9-27-11-10-26-2/h4-6,14-15,24H,3,7-13H2,1-2H3. The largest absolute Gasteiger partial charge is 0.511 e. The molecule has 6 nitrogen and oxygen atoms in total. The van der Waals surface area contributed by atoms with Crippen LogP contribution in [-0.4, -0.2) is 57.2 Å². The molecule has 1 aliphatic carbocycles. The number of hydrogen-bond acceptors (Lipinski definition) is 6. The molecule has 1 aromatic carbocycles. The van der Waals surface area contributed by atoms with Gasteiger partial charge in [-0.25, -0.2) is 0 Å². The van der Waals surface area contributed by atoms with E-state index in [4.69, 9.17) is 25.8 Å². The number of aliphatic hydroxyl groups excluding tert-OH is 1. The Morgan fingerprint density at radius 3 is 2.79 bits per heavy atom. The predicted molar refractivity (Wildman–Crippen MR) is 110 cm³/mol. The van der Waals surface area contributed by atoms with E-state index in [9.17, 15) is 9.90 Å². The fraction of sp³-hybridized carbons (Fsp3) is 0.524. The van der Waals surface area contributed by atoms with Crippen molar-refractivity contribution in [3.63, 3.8) is 0 Å². The van der Waals surface area contributed by atoms with Gasteiger partial charge in [0.2, 0.25) is 0 Å². The molecule has 154 valence electrons. The van der Waals surface area contributed by atoms with Crippen molar-refractivity contribution in [3.05, 3.63) is 40.1 Å². The number of halogens is 1. The molecule has 0 bridgehead atoms. The molecule has 0 aromatic heterocycles. The molecule has 0 heterocycles. The molecule has 0 amide bonds. The third-order valence-electron chi connectivity index (χ3n) is 4.39. The molecule has 1 atom stereocenters. The van der Waals surface area contributed by atoms with Crippen LogP contribution in [0.4, 0.5) is 0 Å². The van der Waals surface area contributed by atoms with Crippen LogP contribution in [0.2, 0.25) is 5.02 Å². The predicted octanol–water partition coefficient (Wildman–Crippen LogP) is 4.12. The van der Waals surface area contributed by atoms with Gasteiger partial charge in [-0.3, -0.25) is 9.79 Å². The smallest absolute Gasteiger partial charge is 0.168 e. The molecule has 0 aliphatic heterocycles. The summed E-state index contributed by atoms with van der Waals surface area (Å²) in [4.78, 5) is 16.7. The summed E-state index contributed by atoms with van der Waals surface area (Å²) in [5, 5.41) is 10.9. The Kier molecular flexibility index (Phi) is 9.47. The Morgan fingerprint density at radius 2 is 2.07 bits per heavy atom. The van der Waals surface area contributed by atoms with E-state index in [1.54, 1.807) is 7.11 Å². The lowest BCUT2D eigenvalue weighted by Gasteiger charge is -2.24. The zero-order valence-corrected chi connectivity index (χ0v) is 17.2. The van der Waals surface area contributed by atoms with E-state index in [0.717, 1.165) is 12.0 Å². The van der Waals surface area contributed by atoms with E-state index in [2.05, 4.69) is 4.99 Å². The van der Waals surface area contributed by atoms with Crippen LogP contribution in [0.15, 0.2) is 34.5 Å². The van der Waals surface area contributed by atoms with Gasteiger partial charge in [0.15, 0.2) is 5.78 Å². The first-order valence-corrected chi connectivity index (χ1v) is 9.89. The molecule has 1 aromatic rings. The fourth-order valence-electron chi connectivity index (χ4n) is 2.96. The second-order valence-electron chi connectivity index (χ2n) is 6.54. The minimum absolute atomic E-state index is 0.0428. The third kappa shape index (κ3) is 6.33. The number of aliphatic hydroxyl groups is 1. The number of methoxy groups -OCH3 is 1. The van der Waals surface area contributed by atoms with Gasteiger partial charge in [-0.15, -0.1) is 0 Å². The van der Waals surface area contributed by atoms with Gasteiger partial charge in [0, 0.05) is 26.2 Å². The van der Waals surface area contributed by atoms with Crippen LogP contribution in [0.25, 0.3) is 0 Å². The SMILES string of the molecule is CCCOc1cccc(C2CC(=O)C(C=NCCOCCOC)=C(O)C2)c1Cl. The molecule has 0 saturated carbocycles. The lowest BCUT2D eigenvalue weighted by atomic mass is 9.83. The van der Waals surface area contributed by atoms with Crippen LogP contribution in [-0.2, 0) is 14.3 Å². The van der Waals surface area contributed by atoms with Crippen molar-refractivity contribution in [1.29, 1.82) is 0 Å². The van der Waals surface area contributed by atoms with Gasteiger partial charge < -0.3 is 19.3 Å². The van der Waals surface area contributed by atoms with Crippen molar-refractivity contribution in [2.75, 3.05) is 40.1 Å². The maximum atomic E-state index is 12.5. The van der Waals surface area contributed by atoms with Gasteiger partial charge in [0.1, 0.15) is 11.5 Å². The van der Waals surface area contributed by atoms with Crippen LogP contribution in [0.1, 0.15) is 37.7 Å². The molecule has 2 rings (SSSR count). The zero-order valence-electron chi connectivity index (χ0n) is 16.4. The molecule has 28 heavy (non-hydrogen) atoms. The number of carbonyl (C=O) groups excluding carboxylic acids is 1. The summed E-state index contributed by atoms with van der Waals surface area (Å²) in [5.41, 5.74) is 1.08. The van der Waals surface area contributed by atoms with Crippen molar-refractivity contribution in [1.82, 2.24) is 0 Å². The van der Waals surface area contributed by atoms with Crippen LogP contribution in [0, 0.1) is 0 Å². The minimum atomic E-state index is -0.181. The molecular formula is C21H28ClNO5. The van der Waals surface area contributed by atoms with E-state index in [-0.39, 0.29) is 29.5 Å². The van der Waals surface area contributed by atoms with Crippen LogP contribution in [0.5, 0.6) is 5.75 Å². The molecule has 7 heteroatoms. The van der Waals surface area contributed by atoms with Gasteiger partial charge in [0.05, 0.1) is 43.6 Å². The Hall–Kier alpha value is -1.89. The van der Waals surface area contributed by atoms with E-state index in [1.807, 2.05) is 25.1 Å². The number of aliphatic imine (C=N–C) groups is 1. The summed E-state index contributed by atoms with van der Waals surface area (Å²) in [6.07, 6.45) is 2.93. The maximum absolute atomic E-state index is 12.5. The van der Waals surface area contributed by atoms with Gasteiger partial charge in [-0.1, -0.05) is 30.7 Å². The van der Waals surface area contributed by atoms with E-state index in [1.165, 1.54) is 6.21 Å². The number of rotatable bonds is 11. The van der Waals surface area contributed by atoms with Crippen LogP contribution in [0.3, 0.4) is 0 Å². The Bertz CT molecular complexity index is 717. The monoisotopic (exact) mass is 409 g/mol. The lowest BCUT2D eigenvalue weighted by Crippen LogP contribution is -2.20. The first-order valence-electron chi connectivity index (χ1n) is 9.51. The van der Waals surface area contributed by atoms with Gasteiger partial charge >= 0.3 is 0 Å². The number of ketones is 1. The summed E-state index contributed by atoms with van der Waals surface area (Å²) in [6.45, 7) is 4.48. The van der Waals surface area contributed by atoms with Gasteiger partial charge in [-0.05, 0) is 24.0 Å². The molecule has 0 spiro atoms. The Labute approximate surface area is 171 Å². The highest BCUT2D eigenvalue weighted by Crippen LogP contribution is 2.40. The first-order chi connectivity index (χ1) is 13.6. The van der Waals surface area contributed by atoms with Gasteiger partial charge in [0.25, 0.3) is 0 Å². The molecule has 1 aliphatic rings. The number of allylic oxidation sites excluding steroid dienone is 2. The normalized spacial score (nSPS) is 17.5. The van der Waals surface area contributed by atoms with Gasteiger partial charge in [-0.2, -0.15) is 0 Å². The molecular weight excluding hydrogens is 382 g/mol. The topological polar surface area (TPSA) is 77.4 Å². The molecule has 0 fully saturated rings. The summed E-state index contributed by atoms with van der Waals surface area (Å²) in [5.74, 6) is 0.326. The molecule has 1 N–H and O–H groups in total. The highest BCUT2D eigenvalue weighted by atomic mass is 35.5. The van der Waals surface area contributed by atoms with Crippen molar-refractivity contribution in [2.24, 2.45) is 4.99 Å². The molecule has 1 unspecified atom stereocenters. The number of ether oxygens (including phenoxy) is 3. The number of Topliss-reactive ketones (excluding diaryl/α,β-unsaturated/α-hetero) is 1. The van der Waals surface area contributed by atoms with Crippen molar-refractivity contribution in [3.8, 4) is 5.75 Å². The average Bonchev–Trinajstić information content (AvgIpc) is 2.68. The van der Waals surface area contributed by atoms with E-state index in [0.29, 0.717) is 50.2 Å². The minimum Gasteiger partial charge on any atom is -0.511 e. The van der Waals surface area contributed by atoms with E-state index < -0.39 is 0 Å². The number of nitrogens with zero attached hydrogens (tertiary/aromatic N) is 1.